The van der Waals surface area contributed by atoms with Crippen molar-refractivity contribution in [3.05, 3.63) is 48.3 Å². The Morgan fingerprint density at radius 1 is 1.27 bits per heavy atom. The van der Waals surface area contributed by atoms with Crippen molar-refractivity contribution in [3.8, 4) is 16.9 Å². The molecule has 2 aromatic rings. The third kappa shape index (κ3) is 4.41. The number of ether oxygens (including phenoxy) is 1. The summed E-state index contributed by atoms with van der Waals surface area (Å²) in [5.74, 6) is 0.798. The Hall–Kier alpha value is -2.69. The normalized spacial score (nSPS) is 10.3. The van der Waals surface area contributed by atoms with Gasteiger partial charge in [0.05, 0.1) is 0 Å². The van der Waals surface area contributed by atoms with Gasteiger partial charge in [0.1, 0.15) is 5.75 Å². The molecule has 0 radical (unpaired) electrons. The lowest BCUT2D eigenvalue weighted by atomic mass is 10.1. The Balaban J connectivity index is 2.12. The van der Waals surface area contributed by atoms with E-state index >= 15 is 0 Å². The van der Waals surface area contributed by atoms with Crippen LogP contribution in [0.1, 0.15) is 24.2 Å². The number of aldehydes is 1. The lowest BCUT2D eigenvalue weighted by molar-refractivity contribution is 0.112. The number of rotatable bonds is 5. The molecule has 1 aromatic carbocycles. The summed E-state index contributed by atoms with van der Waals surface area (Å²) >= 11 is 0. The first kappa shape index (κ1) is 15.7. The molecule has 0 aliphatic carbocycles. The minimum atomic E-state index is -0.481. The number of aromatic nitrogens is 1. The maximum absolute atomic E-state index is 11.7. The maximum atomic E-state index is 11.7. The highest BCUT2D eigenvalue weighted by molar-refractivity contribution is 5.78. The molecule has 5 heteroatoms. The highest BCUT2D eigenvalue weighted by atomic mass is 16.6. The van der Waals surface area contributed by atoms with Gasteiger partial charge in [-0.3, -0.25) is 9.78 Å². The lowest BCUT2D eigenvalue weighted by Gasteiger charge is -2.09. The second-order valence-electron chi connectivity index (χ2n) is 5.32. The number of benzene rings is 1. The minimum Gasteiger partial charge on any atom is -0.410 e. The largest absolute Gasteiger partial charge is 0.412 e. The minimum absolute atomic E-state index is 0.357. The molecule has 5 nitrogen and oxygen atoms in total. The molecule has 0 saturated carbocycles. The molecule has 0 saturated heterocycles. The smallest absolute Gasteiger partial charge is 0.410 e. The molecule has 0 atom stereocenters. The van der Waals surface area contributed by atoms with Crippen LogP contribution in [0.2, 0.25) is 0 Å². The zero-order chi connectivity index (χ0) is 15.9. The van der Waals surface area contributed by atoms with Crippen LogP contribution in [-0.4, -0.2) is 23.9 Å². The number of nitrogens with one attached hydrogen (secondary N) is 1. The standard InChI is InChI=1S/C17H18N2O3/c1-12(2)8-19-17(21)22-16-5-3-4-14(7-16)15-6-13(11-20)9-18-10-15/h3-7,9-12H,8H2,1-2H3,(H,19,21). The van der Waals surface area contributed by atoms with Crippen LogP contribution in [0, 0.1) is 5.92 Å². The van der Waals surface area contributed by atoms with Gasteiger partial charge >= 0.3 is 6.09 Å². The van der Waals surface area contributed by atoms with Crippen LogP contribution in [-0.2, 0) is 0 Å². The van der Waals surface area contributed by atoms with Crippen molar-refractivity contribution in [2.45, 2.75) is 13.8 Å². The van der Waals surface area contributed by atoms with Crippen LogP contribution in [0.4, 0.5) is 4.79 Å². The molecule has 0 aliphatic heterocycles. The molecule has 1 N–H and O–H groups in total. The second kappa shape index (κ2) is 7.36. The molecule has 0 aliphatic rings. The van der Waals surface area contributed by atoms with Crippen LogP contribution in [0.25, 0.3) is 11.1 Å². The Morgan fingerprint density at radius 2 is 2.09 bits per heavy atom. The summed E-state index contributed by atoms with van der Waals surface area (Å²) in [5.41, 5.74) is 2.11. The molecule has 22 heavy (non-hydrogen) atoms. The van der Waals surface area contributed by atoms with Gasteiger partial charge in [0, 0.05) is 30.1 Å². The summed E-state index contributed by atoms with van der Waals surface area (Å²) in [6.45, 7) is 4.58. The van der Waals surface area contributed by atoms with Gasteiger partial charge in [0.15, 0.2) is 6.29 Å². The first-order chi connectivity index (χ1) is 10.6. The Bertz CT molecular complexity index is 668. The van der Waals surface area contributed by atoms with Crippen molar-refractivity contribution in [1.29, 1.82) is 0 Å². The van der Waals surface area contributed by atoms with Gasteiger partial charge in [-0.15, -0.1) is 0 Å². The van der Waals surface area contributed by atoms with E-state index in [-0.39, 0.29) is 0 Å². The second-order valence-corrected chi connectivity index (χ2v) is 5.32. The predicted molar refractivity (Wildman–Crippen MR) is 83.9 cm³/mol. The van der Waals surface area contributed by atoms with Crippen molar-refractivity contribution < 1.29 is 14.3 Å². The summed E-state index contributed by atoms with van der Waals surface area (Å²) in [4.78, 5) is 26.5. The van der Waals surface area contributed by atoms with Gasteiger partial charge in [0.25, 0.3) is 0 Å². The highest BCUT2D eigenvalue weighted by Crippen LogP contribution is 2.23. The van der Waals surface area contributed by atoms with Gasteiger partial charge in [0.2, 0.25) is 0 Å². The van der Waals surface area contributed by atoms with E-state index in [2.05, 4.69) is 10.3 Å². The van der Waals surface area contributed by atoms with Crippen molar-refractivity contribution in [1.82, 2.24) is 10.3 Å². The quantitative estimate of drug-likeness (QED) is 0.860. The van der Waals surface area contributed by atoms with E-state index in [1.54, 1.807) is 30.5 Å². The van der Waals surface area contributed by atoms with Gasteiger partial charge in [-0.25, -0.2) is 4.79 Å². The number of carbonyl (C=O) groups is 2. The van der Waals surface area contributed by atoms with Gasteiger partial charge in [-0.1, -0.05) is 26.0 Å². The first-order valence-electron chi connectivity index (χ1n) is 7.05. The van der Waals surface area contributed by atoms with Crippen LogP contribution >= 0.6 is 0 Å². The summed E-state index contributed by atoms with van der Waals surface area (Å²) in [5, 5.41) is 2.69. The molecule has 0 spiro atoms. The van der Waals surface area contributed by atoms with E-state index in [0.717, 1.165) is 17.4 Å². The Labute approximate surface area is 129 Å². The van der Waals surface area contributed by atoms with Gasteiger partial charge < -0.3 is 10.1 Å². The van der Waals surface area contributed by atoms with E-state index in [4.69, 9.17) is 4.74 Å². The SMILES string of the molecule is CC(C)CNC(=O)Oc1cccc(-c2cncc(C=O)c2)c1. The molecular formula is C17H18N2O3. The third-order valence-electron chi connectivity index (χ3n) is 2.93. The lowest BCUT2D eigenvalue weighted by Crippen LogP contribution is -2.30. The topological polar surface area (TPSA) is 68.3 Å². The fraction of sp³-hybridized carbons (Fsp3) is 0.235. The summed E-state index contributed by atoms with van der Waals surface area (Å²) in [6, 6.07) is 8.83. The molecule has 1 amide bonds. The van der Waals surface area contributed by atoms with E-state index < -0.39 is 6.09 Å². The van der Waals surface area contributed by atoms with E-state index in [0.29, 0.717) is 23.8 Å². The number of nitrogens with zero attached hydrogens (tertiary/aromatic N) is 1. The molecule has 114 valence electrons. The van der Waals surface area contributed by atoms with Crippen LogP contribution in [0.15, 0.2) is 42.7 Å². The van der Waals surface area contributed by atoms with E-state index in [1.165, 1.54) is 6.20 Å². The number of carbonyl (C=O) groups excluding carboxylic acids is 2. The van der Waals surface area contributed by atoms with Gasteiger partial charge in [-0.05, 0) is 29.7 Å². The molecular weight excluding hydrogens is 280 g/mol. The molecule has 0 bridgehead atoms. The van der Waals surface area contributed by atoms with Crippen LogP contribution in [0.5, 0.6) is 5.75 Å². The Morgan fingerprint density at radius 3 is 2.82 bits per heavy atom. The maximum Gasteiger partial charge on any atom is 0.412 e. The summed E-state index contributed by atoms with van der Waals surface area (Å²) in [6.07, 6.45) is 3.42. The average Bonchev–Trinajstić information content (AvgIpc) is 2.53. The van der Waals surface area contributed by atoms with Crippen LogP contribution in [0.3, 0.4) is 0 Å². The van der Waals surface area contributed by atoms with Gasteiger partial charge in [-0.2, -0.15) is 0 Å². The highest BCUT2D eigenvalue weighted by Gasteiger charge is 2.07. The zero-order valence-corrected chi connectivity index (χ0v) is 12.6. The zero-order valence-electron chi connectivity index (χ0n) is 12.6. The summed E-state index contributed by atoms with van der Waals surface area (Å²) in [7, 11) is 0. The molecule has 0 fully saturated rings. The summed E-state index contributed by atoms with van der Waals surface area (Å²) < 4.78 is 5.24. The third-order valence-corrected chi connectivity index (χ3v) is 2.93. The number of amides is 1. The molecule has 2 rings (SSSR count). The van der Waals surface area contributed by atoms with Crippen molar-refractivity contribution in [2.75, 3.05) is 6.54 Å². The molecule has 1 heterocycles. The Kier molecular flexibility index (Phi) is 5.25. The number of hydrogen-bond donors (Lipinski definition) is 1. The molecule has 0 unspecified atom stereocenters. The van der Waals surface area contributed by atoms with Crippen molar-refractivity contribution in [3.63, 3.8) is 0 Å². The fourth-order valence-electron chi connectivity index (χ4n) is 1.85. The van der Waals surface area contributed by atoms with Crippen LogP contribution < -0.4 is 10.1 Å². The molecule has 1 aromatic heterocycles. The monoisotopic (exact) mass is 298 g/mol. The number of pyridine rings is 1. The van der Waals surface area contributed by atoms with Crippen molar-refractivity contribution in [2.24, 2.45) is 5.92 Å². The van der Waals surface area contributed by atoms with Crippen molar-refractivity contribution >= 4 is 12.4 Å². The average molecular weight is 298 g/mol. The fourth-order valence-corrected chi connectivity index (χ4v) is 1.85. The first-order valence-corrected chi connectivity index (χ1v) is 7.05. The van der Waals surface area contributed by atoms with E-state index in [9.17, 15) is 9.59 Å². The number of hydrogen-bond acceptors (Lipinski definition) is 4. The van der Waals surface area contributed by atoms with E-state index in [1.807, 2.05) is 19.9 Å². The predicted octanol–water partition coefficient (Wildman–Crippen LogP) is 3.31.